The van der Waals surface area contributed by atoms with E-state index in [4.69, 9.17) is 14.2 Å². The number of amides is 1. The molecule has 1 spiro atoms. The van der Waals surface area contributed by atoms with Gasteiger partial charge in [0.2, 0.25) is 5.91 Å². The fourth-order valence-electron chi connectivity index (χ4n) is 4.26. The summed E-state index contributed by atoms with van der Waals surface area (Å²) in [6, 6.07) is 0. The summed E-state index contributed by atoms with van der Waals surface area (Å²) in [7, 11) is 3.50. The van der Waals surface area contributed by atoms with Gasteiger partial charge in [-0.25, -0.2) is 0 Å². The Labute approximate surface area is 151 Å². The molecule has 144 valence electrons. The zero-order valence-electron chi connectivity index (χ0n) is 15.9. The molecule has 3 heterocycles. The van der Waals surface area contributed by atoms with Crippen molar-refractivity contribution in [3.8, 4) is 0 Å². The van der Waals surface area contributed by atoms with Gasteiger partial charge in [-0.2, -0.15) is 0 Å². The molecule has 0 N–H and O–H groups in total. The highest BCUT2D eigenvalue weighted by atomic mass is 16.5. The molecule has 0 aromatic carbocycles. The molecule has 25 heavy (non-hydrogen) atoms. The summed E-state index contributed by atoms with van der Waals surface area (Å²) >= 11 is 0. The minimum Gasteiger partial charge on any atom is -0.381 e. The molecule has 0 aromatic heterocycles. The van der Waals surface area contributed by atoms with Crippen LogP contribution in [0, 0.1) is 11.3 Å². The van der Waals surface area contributed by atoms with E-state index in [1.54, 1.807) is 19.0 Å². The van der Waals surface area contributed by atoms with Crippen molar-refractivity contribution in [2.45, 2.75) is 38.2 Å². The number of carbonyl (C=O) groups excluding carboxylic acids is 1. The zero-order valence-corrected chi connectivity index (χ0v) is 15.9. The Morgan fingerprint density at radius 1 is 1.24 bits per heavy atom. The molecule has 3 aliphatic rings. The van der Waals surface area contributed by atoms with Crippen LogP contribution in [0.4, 0.5) is 0 Å². The van der Waals surface area contributed by atoms with Gasteiger partial charge in [0.1, 0.15) is 6.61 Å². The highest BCUT2D eigenvalue weighted by molar-refractivity contribution is 5.76. The summed E-state index contributed by atoms with van der Waals surface area (Å²) in [6.45, 7) is 7.03. The number of piperidine rings is 1. The average Bonchev–Trinajstić information content (AvgIpc) is 3.01. The first kappa shape index (κ1) is 19.1. The van der Waals surface area contributed by atoms with Crippen LogP contribution in [0.15, 0.2) is 0 Å². The second kappa shape index (κ2) is 8.80. The Balaban J connectivity index is 1.35. The van der Waals surface area contributed by atoms with Gasteiger partial charge in [-0.05, 0) is 56.5 Å². The van der Waals surface area contributed by atoms with Gasteiger partial charge in [-0.15, -0.1) is 0 Å². The predicted molar refractivity (Wildman–Crippen MR) is 95.5 cm³/mol. The molecule has 6 nitrogen and oxygen atoms in total. The van der Waals surface area contributed by atoms with Crippen molar-refractivity contribution in [1.29, 1.82) is 0 Å². The van der Waals surface area contributed by atoms with E-state index >= 15 is 0 Å². The smallest absolute Gasteiger partial charge is 0.248 e. The van der Waals surface area contributed by atoms with Gasteiger partial charge >= 0.3 is 0 Å². The molecule has 0 radical (unpaired) electrons. The SMILES string of the molecule is CN(C)C(=O)COC[C@@H]1CC2(CCN(CC3CCOCC3)CC2)CO1. The van der Waals surface area contributed by atoms with E-state index in [9.17, 15) is 4.79 Å². The topological polar surface area (TPSA) is 51.2 Å². The molecule has 6 heteroatoms. The Hall–Kier alpha value is -0.690. The number of likely N-dealkylation sites (tertiary alicyclic amines) is 1. The molecule has 0 aromatic rings. The van der Waals surface area contributed by atoms with Crippen LogP contribution in [-0.2, 0) is 19.0 Å². The fraction of sp³-hybridized carbons (Fsp3) is 0.947. The zero-order chi connectivity index (χ0) is 17.7. The van der Waals surface area contributed by atoms with Crippen LogP contribution in [0.2, 0.25) is 0 Å². The first-order valence-corrected chi connectivity index (χ1v) is 9.76. The molecule has 3 aliphatic heterocycles. The average molecular weight is 354 g/mol. The van der Waals surface area contributed by atoms with Crippen LogP contribution >= 0.6 is 0 Å². The number of carbonyl (C=O) groups is 1. The third-order valence-corrected chi connectivity index (χ3v) is 6.09. The first-order valence-electron chi connectivity index (χ1n) is 9.76. The molecule has 0 unspecified atom stereocenters. The van der Waals surface area contributed by atoms with Crippen molar-refractivity contribution in [3.05, 3.63) is 0 Å². The number of ether oxygens (including phenoxy) is 3. The Morgan fingerprint density at radius 2 is 1.96 bits per heavy atom. The van der Waals surface area contributed by atoms with Gasteiger partial charge in [-0.1, -0.05) is 0 Å². The first-order chi connectivity index (χ1) is 12.1. The summed E-state index contributed by atoms with van der Waals surface area (Å²) in [5.41, 5.74) is 0.339. The highest BCUT2D eigenvalue weighted by Gasteiger charge is 2.42. The molecule has 3 saturated heterocycles. The lowest BCUT2D eigenvalue weighted by Crippen LogP contribution is -2.43. The highest BCUT2D eigenvalue weighted by Crippen LogP contribution is 2.42. The Bertz CT molecular complexity index is 429. The summed E-state index contributed by atoms with van der Waals surface area (Å²) in [5.74, 6) is 0.826. The van der Waals surface area contributed by atoms with Crippen LogP contribution in [0.1, 0.15) is 32.1 Å². The van der Waals surface area contributed by atoms with Gasteiger partial charge in [0.05, 0.1) is 19.3 Å². The number of hydrogen-bond donors (Lipinski definition) is 0. The maximum Gasteiger partial charge on any atom is 0.248 e. The third kappa shape index (κ3) is 5.39. The van der Waals surface area contributed by atoms with E-state index in [0.29, 0.717) is 12.0 Å². The van der Waals surface area contributed by atoms with Gasteiger partial charge in [0, 0.05) is 33.9 Å². The molecular formula is C19H34N2O4. The molecule has 0 aliphatic carbocycles. The van der Waals surface area contributed by atoms with Gasteiger partial charge < -0.3 is 24.0 Å². The van der Waals surface area contributed by atoms with Crippen LogP contribution in [0.5, 0.6) is 0 Å². The molecular weight excluding hydrogens is 320 g/mol. The molecule has 1 atom stereocenters. The molecule has 0 saturated carbocycles. The van der Waals surface area contributed by atoms with Gasteiger partial charge in [-0.3, -0.25) is 4.79 Å². The summed E-state index contributed by atoms with van der Waals surface area (Å²) in [4.78, 5) is 15.8. The van der Waals surface area contributed by atoms with Crippen molar-refractivity contribution in [1.82, 2.24) is 9.80 Å². The number of nitrogens with zero attached hydrogens (tertiary/aromatic N) is 2. The minimum absolute atomic E-state index is 0.00845. The molecule has 1 amide bonds. The quantitative estimate of drug-likeness (QED) is 0.721. The second-order valence-corrected chi connectivity index (χ2v) is 8.30. The normalized spacial score (nSPS) is 27.7. The fourth-order valence-corrected chi connectivity index (χ4v) is 4.26. The maximum absolute atomic E-state index is 11.6. The van der Waals surface area contributed by atoms with Crippen LogP contribution < -0.4 is 0 Å². The standard InChI is InChI=1S/C19H34N2O4/c1-20(2)18(22)14-24-13-17-11-19(15-25-17)5-7-21(8-6-19)12-16-3-9-23-10-4-16/h16-17H,3-15H2,1-2H3/t17-/m0/s1. The number of hydrogen-bond acceptors (Lipinski definition) is 5. The van der Waals surface area contributed by atoms with Gasteiger partial charge in [0.15, 0.2) is 0 Å². The van der Waals surface area contributed by atoms with Crippen molar-refractivity contribution in [2.75, 3.05) is 66.8 Å². The number of likely N-dealkylation sites (N-methyl/N-ethyl adjacent to an activating group) is 1. The van der Waals surface area contributed by atoms with Crippen molar-refractivity contribution in [3.63, 3.8) is 0 Å². The second-order valence-electron chi connectivity index (χ2n) is 8.30. The lowest BCUT2D eigenvalue weighted by Gasteiger charge is -2.40. The van der Waals surface area contributed by atoms with E-state index in [2.05, 4.69) is 4.90 Å². The van der Waals surface area contributed by atoms with E-state index in [0.717, 1.165) is 32.2 Å². The lowest BCUT2D eigenvalue weighted by molar-refractivity contribution is -0.134. The van der Waals surface area contributed by atoms with Crippen LogP contribution in [0.25, 0.3) is 0 Å². The summed E-state index contributed by atoms with van der Waals surface area (Å²) < 4.78 is 17.0. The number of rotatable bonds is 6. The molecule has 3 rings (SSSR count). The minimum atomic E-state index is 0.00845. The molecule has 0 bridgehead atoms. The Kier molecular flexibility index (Phi) is 6.72. The van der Waals surface area contributed by atoms with Crippen LogP contribution in [0.3, 0.4) is 0 Å². The van der Waals surface area contributed by atoms with E-state index in [-0.39, 0.29) is 18.6 Å². The van der Waals surface area contributed by atoms with Crippen molar-refractivity contribution < 1.29 is 19.0 Å². The van der Waals surface area contributed by atoms with Crippen molar-refractivity contribution in [2.24, 2.45) is 11.3 Å². The molecule has 3 fully saturated rings. The lowest BCUT2D eigenvalue weighted by atomic mass is 9.76. The third-order valence-electron chi connectivity index (χ3n) is 6.09. The van der Waals surface area contributed by atoms with Crippen molar-refractivity contribution >= 4 is 5.91 Å². The van der Waals surface area contributed by atoms with E-state index < -0.39 is 0 Å². The largest absolute Gasteiger partial charge is 0.381 e. The van der Waals surface area contributed by atoms with E-state index in [1.807, 2.05) is 0 Å². The van der Waals surface area contributed by atoms with Gasteiger partial charge in [0.25, 0.3) is 0 Å². The maximum atomic E-state index is 11.6. The van der Waals surface area contributed by atoms with E-state index in [1.165, 1.54) is 45.3 Å². The van der Waals surface area contributed by atoms with Crippen LogP contribution in [-0.4, -0.2) is 88.6 Å². The Morgan fingerprint density at radius 3 is 2.64 bits per heavy atom. The predicted octanol–water partition coefficient (Wildman–Crippen LogP) is 1.39. The summed E-state index contributed by atoms with van der Waals surface area (Å²) in [5, 5.41) is 0. The monoisotopic (exact) mass is 354 g/mol. The summed E-state index contributed by atoms with van der Waals surface area (Å²) in [6.07, 6.45) is 6.11.